The molecule has 1 heterocycles. The van der Waals surface area contributed by atoms with Gasteiger partial charge in [-0.15, -0.1) is 0 Å². The molecule has 0 aliphatic carbocycles. The van der Waals surface area contributed by atoms with Crippen LogP contribution in [0.4, 0.5) is 0 Å². The van der Waals surface area contributed by atoms with Crippen molar-refractivity contribution in [3.8, 4) is 0 Å². The molecule has 0 fully saturated rings. The van der Waals surface area contributed by atoms with E-state index in [1.807, 2.05) is 38.4 Å². The van der Waals surface area contributed by atoms with Gasteiger partial charge in [-0.3, -0.25) is 0 Å². The van der Waals surface area contributed by atoms with Crippen LogP contribution in [0.5, 0.6) is 0 Å². The second-order valence-electron chi connectivity index (χ2n) is 3.59. The molecule has 0 N–H and O–H groups in total. The Bertz CT molecular complexity index is 316. The topological polar surface area (TPSA) is 18.5 Å². The second-order valence-corrected chi connectivity index (χ2v) is 4.80. The van der Waals surface area contributed by atoms with Crippen molar-refractivity contribution in [2.45, 2.75) is 19.8 Å². The van der Waals surface area contributed by atoms with Gasteiger partial charge in [0.2, 0.25) is 0 Å². The van der Waals surface area contributed by atoms with E-state index in [1.54, 1.807) is 6.08 Å². The molecule has 0 aromatic rings. The molecule has 0 aromatic carbocycles. The van der Waals surface area contributed by atoms with Crippen molar-refractivity contribution >= 4 is 3.90 Å². The molecule has 88 valence electrons. The third kappa shape index (κ3) is 4.59. The fourth-order valence-corrected chi connectivity index (χ4v) is 2.34. The summed E-state index contributed by atoms with van der Waals surface area (Å²) in [5.41, 5.74) is 1.34. The zero-order valence-electron chi connectivity index (χ0n) is 9.70. The molecule has 0 radical (unpaired) electrons. The summed E-state index contributed by atoms with van der Waals surface area (Å²) in [6.07, 6.45) is 7.83. The predicted octanol–water partition coefficient (Wildman–Crippen LogP) is 2.55. The number of ether oxygens (including phenoxy) is 2. The average molecular weight is 302 g/mol. The Morgan fingerprint density at radius 3 is 3.12 bits per heavy atom. The van der Waals surface area contributed by atoms with Crippen LogP contribution in [0.25, 0.3) is 0 Å². The number of hydrogen-bond donors (Lipinski definition) is 0. The van der Waals surface area contributed by atoms with E-state index < -0.39 is 0 Å². The molecule has 0 aromatic heterocycles. The Balaban J connectivity index is 2.34. The van der Waals surface area contributed by atoms with Crippen molar-refractivity contribution in [3.05, 3.63) is 36.1 Å². The van der Waals surface area contributed by atoms with Crippen molar-refractivity contribution in [2.24, 2.45) is 0 Å². The molecule has 2 nitrogen and oxygen atoms in total. The summed E-state index contributed by atoms with van der Waals surface area (Å²) in [4.78, 5) is 0. The summed E-state index contributed by atoms with van der Waals surface area (Å²) in [6, 6.07) is 0. The molecule has 3 heteroatoms. The van der Waals surface area contributed by atoms with Gasteiger partial charge in [0.1, 0.15) is 0 Å². The fraction of sp³-hybridized carbons (Fsp3) is 0.462. The van der Waals surface area contributed by atoms with Crippen LogP contribution in [0, 0.1) is 0 Å². The van der Waals surface area contributed by atoms with Crippen LogP contribution < -0.4 is 0 Å². The Morgan fingerprint density at radius 1 is 1.62 bits per heavy atom. The summed E-state index contributed by atoms with van der Waals surface area (Å²) in [5.74, 6) is 1.07. The van der Waals surface area contributed by atoms with E-state index in [-0.39, 0.29) is 0 Å². The Morgan fingerprint density at radius 2 is 2.44 bits per heavy atom. The quantitative estimate of drug-likeness (QED) is 0.426. The summed E-state index contributed by atoms with van der Waals surface area (Å²) < 4.78 is 12.4. The Labute approximate surface area is 108 Å². The maximum absolute atomic E-state index is 5.54. The van der Waals surface area contributed by atoms with Crippen molar-refractivity contribution < 1.29 is 28.8 Å². The molecular formula is C13H18MoO2. The van der Waals surface area contributed by atoms with Gasteiger partial charge in [-0.05, 0) is 0 Å². The van der Waals surface area contributed by atoms with Crippen LogP contribution in [0.15, 0.2) is 36.1 Å². The first-order chi connectivity index (χ1) is 7.75. The minimum absolute atomic E-state index is 0.637. The standard InChI is InChI=1S/C13H18O2.Mo/c1-3-4-5-9-14-11-8-13-7-6-10-15-12(13)2;/h3-5H,1,6-7,9-11H2,2H3;/b5-4+;. The van der Waals surface area contributed by atoms with Crippen molar-refractivity contribution in [3.63, 3.8) is 0 Å². The van der Waals surface area contributed by atoms with Crippen LogP contribution in [0.2, 0.25) is 0 Å². The van der Waals surface area contributed by atoms with E-state index in [0.29, 0.717) is 13.2 Å². The van der Waals surface area contributed by atoms with E-state index >= 15 is 0 Å². The van der Waals surface area contributed by atoms with E-state index in [0.717, 1.165) is 25.2 Å². The van der Waals surface area contributed by atoms with Gasteiger partial charge in [-0.25, -0.2) is 0 Å². The zero-order valence-corrected chi connectivity index (χ0v) is 11.7. The third-order valence-corrected chi connectivity index (χ3v) is 3.27. The molecule has 0 bridgehead atoms. The first-order valence-electron chi connectivity index (χ1n) is 5.46. The summed E-state index contributed by atoms with van der Waals surface area (Å²) in [7, 11) is 0. The van der Waals surface area contributed by atoms with Crippen LogP contribution in [0.1, 0.15) is 19.8 Å². The fourth-order valence-electron chi connectivity index (χ4n) is 1.53. The third-order valence-electron chi connectivity index (χ3n) is 2.37. The van der Waals surface area contributed by atoms with Crippen molar-refractivity contribution in [1.82, 2.24) is 0 Å². The molecule has 16 heavy (non-hydrogen) atoms. The predicted molar refractivity (Wildman–Crippen MR) is 63.0 cm³/mol. The Hall–Kier alpha value is -0.462. The van der Waals surface area contributed by atoms with E-state index in [2.05, 4.69) is 6.58 Å². The van der Waals surface area contributed by atoms with E-state index in [9.17, 15) is 0 Å². The molecule has 0 atom stereocenters. The van der Waals surface area contributed by atoms with Gasteiger partial charge in [-0.1, -0.05) is 0 Å². The number of allylic oxidation sites excluding steroid dienone is 3. The first kappa shape index (κ1) is 13.6. The number of hydrogen-bond acceptors (Lipinski definition) is 2. The monoisotopic (exact) mass is 304 g/mol. The molecule has 1 rings (SSSR count). The molecule has 0 saturated heterocycles. The van der Waals surface area contributed by atoms with Crippen molar-refractivity contribution in [1.29, 1.82) is 0 Å². The zero-order chi connectivity index (χ0) is 11.8. The number of rotatable bonds is 6. The Kier molecular flexibility index (Phi) is 6.59. The minimum atomic E-state index is 0.637. The van der Waals surface area contributed by atoms with Gasteiger partial charge in [0, 0.05) is 0 Å². The molecule has 0 saturated carbocycles. The molecule has 0 unspecified atom stereocenters. The first-order valence-corrected chi connectivity index (χ1v) is 6.47. The molecule has 1 aliphatic rings. The van der Waals surface area contributed by atoms with Gasteiger partial charge in [0.05, 0.1) is 0 Å². The van der Waals surface area contributed by atoms with Gasteiger partial charge in [-0.2, -0.15) is 0 Å². The van der Waals surface area contributed by atoms with E-state index in [1.165, 1.54) is 9.47 Å². The second kappa shape index (κ2) is 7.75. The van der Waals surface area contributed by atoms with Crippen molar-refractivity contribution in [2.75, 3.05) is 19.8 Å². The summed E-state index contributed by atoms with van der Waals surface area (Å²) in [6.45, 7) is 7.82. The molecule has 1 aliphatic heterocycles. The van der Waals surface area contributed by atoms with Gasteiger partial charge in [0.25, 0.3) is 0 Å². The molecule has 0 spiro atoms. The van der Waals surface area contributed by atoms with Gasteiger partial charge >= 0.3 is 108 Å². The van der Waals surface area contributed by atoms with Crippen LogP contribution in [-0.2, 0) is 28.8 Å². The SMILES string of the molecule is C=C/C=C/COC[C](=[Mo])C1=C(C)OCCC1. The van der Waals surface area contributed by atoms with Crippen LogP contribution in [0.3, 0.4) is 0 Å². The molecular weight excluding hydrogens is 284 g/mol. The average Bonchev–Trinajstić information content (AvgIpc) is 2.29. The maximum atomic E-state index is 5.54. The van der Waals surface area contributed by atoms with Gasteiger partial charge in [0.15, 0.2) is 0 Å². The van der Waals surface area contributed by atoms with Crippen LogP contribution in [-0.4, -0.2) is 23.7 Å². The van der Waals surface area contributed by atoms with Crippen LogP contribution >= 0.6 is 0 Å². The normalized spacial score (nSPS) is 16.3. The van der Waals surface area contributed by atoms with Gasteiger partial charge < -0.3 is 0 Å². The van der Waals surface area contributed by atoms with E-state index in [4.69, 9.17) is 9.47 Å². The molecule has 0 amide bonds. The summed E-state index contributed by atoms with van der Waals surface area (Å²) in [5, 5.41) is 0. The summed E-state index contributed by atoms with van der Waals surface area (Å²) >= 11 is 2.04.